The van der Waals surface area contributed by atoms with E-state index >= 15 is 0 Å². The molecule has 4 heteroatoms. The predicted molar refractivity (Wildman–Crippen MR) is 63.4 cm³/mol. The number of fused-ring (bicyclic) bond motifs is 1. The summed E-state index contributed by atoms with van der Waals surface area (Å²) in [4.78, 5) is 12.0. The third-order valence-corrected chi connectivity index (χ3v) is 3.49. The molecule has 1 aromatic carbocycles. The Balaban J connectivity index is 1.69. The third kappa shape index (κ3) is 2.06. The van der Waals surface area contributed by atoms with Crippen LogP contribution >= 0.6 is 0 Å². The van der Waals surface area contributed by atoms with Gasteiger partial charge in [-0.15, -0.1) is 0 Å². The summed E-state index contributed by atoms with van der Waals surface area (Å²) < 4.78 is 5.33. The molecule has 0 saturated heterocycles. The maximum Gasteiger partial charge on any atom is 0.251 e. The van der Waals surface area contributed by atoms with Gasteiger partial charge in [-0.2, -0.15) is 0 Å². The molecular formula is C13H16N2O2. The van der Waals surface area contributed by atoms with Crippen LogP contribution in [0.5, 0.6) is 0 Å². The molecule has 1 saturated carbocycles. The second kappa shape index (κ2) is 4.13. The molecule has 0 bridgehead atoms. The first kappa shape index (κ1) is 10.7. The fraction of sp³-hybridized carbons (Fsp3) is 0.462. The summed E-state index contributed by atoms with van der Waals surface area (Å²) in [5.41, 5.74) is 8.72. The fourth-order valence-corrected chi connectivity index (χ4v) is 2.36. The van der Waals surface area contributed by atoms with Gasteiger partial charge in [0, 0.05) is 17.6 Å². The van der Waals surface area contributed by atoms with E-state index in [-0.39, 0.29) is 18.0 Å². The number of amides is 1. The van der Waals surface area contributed by atoms with E-state index in [1.807, 2.05) is 18.2 Å². The van der Waals surface area contributed by atoms with Crippen molar-refractivity contribution in [3.05, 3.63) is 34.9 Å². The van der Waals surface area contributed by atoms with Crippen molar-refractivity contribution in [2.24, 2.45) is 5.73 Å². The zero-order chi connectivity index (χ0) is 11.8. The minimum absolute atomic E-state index is 0.00315. The number of ether oxygens (including phenoxy) is 1. The van der Waals surface area contributed by atoms with E-state index < -0.39 is 0 Å². The Morgan fingerprint density at radius 1 is 1.29 bits per heavy atom. The fourth-order valence-electron chi connectivity index (χ4n) is 2.36. The first-order chi connectivity index (χ1) is 8.22. The van der Waals surface area contributed by atoms with Crippen LogP contribution in [0.25, 0.3) is 0 Å². The van der Waals surface area contributed by atoms with Gasteiger partial charge in [-0.25, -0.2) is 0 Å². The molecule has 2 aliphatic rings. The first-order valence-electron chi connectivity index (χ1n) is 5.98. The molecule has 0 spiro atoms. The number of benzene rings is 1. The molecule has 1 heterocycles. The average Bonchev–Trinajstić information content (AvgIpc) is 2.73. The lowest BCUT2D eigenvalue weighted by atomic mass is 9.87. The quantitative estimate of drug-likeness (QED) is 0.797. The second-order valence-electron chi connectivity index (χ2n) is 4.88. The van der Waals surface area contributed by atoms with Crippen molar-refractivity contribution in [1.29, 1.82) is 0 Å². The standard InChI is InChI=1S/C13H16N2O2/c14-11-4-12(5-11)15-13(16)8-1-2-9-6-17-7-10(9)3-8/h1-3,11-12H,4-7,14H2,(H,15,16). The van der Waals surface area contributed by atoms with Gasteiger partial charge >= 0.3 is 0 Å². The van der Waals surface area contributed by atoms with Gasteiger partial charge in [-0.3, -0.25) is 4.79 Å². The molecule has 17 heavy (non-hydrogen) atoms. The van der Waals surface area contributed by atoms with Gasteiger partial charge in [0.25, 0.3) is 5.91 Å². The van der Waals surface area contributed by atoms with Crippen molar-refractivity contribution in [3.63, 3.8) is 0 Å². The van der Waals surface area contributed by atoms with Gasteiger partial charge in [-0.05, 0) is 36.1 Å². The summed E-state index contributed by atoms with van der Waals surface area (Å²) in [5, 5.41) is 2.99. The molecule has 0 aromatic heterocycles. The zero-order valence-corrected chi connectivity index (χ0v) is 9.61. The van der Waals surface area contributed by atoms with Crippen LogP contribution in [0.4, 0.5) is 0 Å². The highest BCUT2D eigenvalue weighted by molar-refractivity contribution is 5.94. The van der Waals surface area contributed by atoms with Crippen molar-refractivity contribution >= 4 is 5.91 Å². The Hall–Kier alpha value is -1.39. The highest BCUT2D eigenvalue weighted by Crippen LogP contribution is 2.22. The van der Waals surface area contributed by atoms with Crippen LogP contribution in [0.3, 0.4) is 0 Å². The number of hydrogen-bond donors (Lipinski definition) is 2. The van der Waals surface area contributed by atoms with E-state index in [0.29, 0.717) is 13.2 Å². The molecule has 1 aromatic rings. The van der Waals surface area contributed by atoms with Crippen LogP contribution in [-0.4, -0.2) is 18.0 Å². The van der Waals surface area contributed by atoms with Gasteiger partial charge in [0.15, 0.2) is 0 Å². The molecule has 3 N–H and O–H groups in total. The van der Waals surface area contributed by atoms with Crippen LogP contribution in [0.2, 0.25) is 0 Å². The van der Waals surface area contributed by atoms with Gasteiger partial charge in [0.2, 0.25) is 0 Å². The summed E-state index contributed by atoms with van der Waals surface area (Å²) >= 11 is 0. The van der Waals surface area contributed by atoms with E-state index in [9.17, 15) is 4.79 Å². The Morgan fingerprint density at radius 2 is 2.06 bits per heavy atom. The maximum atomic E-state index is 12.0. The molecule has 0 radical (unpaired) electrons. The molecule has 1 fully saturated rings. The summed E-state index contributed by atoms with van der Waals surface area (Å²) in [6.07, 6.45) is 1.78. The van der Waals surface area contributed by atoms with Gasteiger partial charge in [0.1, 0.15) is 0 Å². The topological polar surface area (TPSA) is 64.3 Å². The number of carbonyl (C=O) groups is 1. The monoisotopic (exact) mass is 232 g/mol. The normalized spacial score (nSPS) is 26.2. The maximum absolute atomic E-state index is 12.0. The van der Waals surface area contributed by atoms with Gasteiger partial charge in [-0.1, -0.05) is 6.07 Å². The van der Waals surface area contributed by atoms with Crippen LogP contribution in [0.1, 0.15) is 34.3 Å². The molecular weight excluding hydrogens is 216 g/mol. The minimum atomic E-state index is -0.00315. The molecule has 0 atom stereocenters. The number of rotatable bonds is 2. The van der Waals surface area contributed by atoms with Crippen LogP contribution < -0.4 is 11.1 Å². The summed E-state index contributed by atoms with van der Waals surface area (Å²) in [6.45, 7) is 1.28. The third-order valence-electron chi connectivity index (χ3n) is 3.49. The highest BCUT2D eigenvalue weighted by Gasteiger charge is 2.27. The minimum Gasteiger partial charge on any atom is -0.372 e. The predicted octanol–water partition coefficient (Wildman–Crippen LogP) is 0.936. The molecule has 90 valence electrons. The lowest BCUT2D eigenvalue weighted by Crippen LogP contribution is -2.50. The van der Waals surface area contributed by atoms with E-state index in [0.717, 1.165) is 24.0 Å². The van der Waals surface area contributed by atoms with E-state index in [1.54, 1.807) is 0 Å². The Bertz CT molecular complexity index is 453. The van der Waals surface area contributed by atoms with Crippen molar-refractivity contribution < 1.29 is 9.53 Å². The number of hydrogen-bond acceptors (Lipinski definition) is 3. The zero-order valence-electron chi connectivity index (χ0n) is 9.61. The average molecular weight is 232 g/mol. The summed E-state index contributed by atoms with van der Waals surface area (Å²) in [7, 11) is 0. The van der Waals surface area contributed by atoms with E-state index in [4.69, 9.17) is 10.5 Å². The summed E-state index contributed by atoms with van der Waals surface area (Å²) in [6, 6.07) is 6.28. The molecule has 1 aliphatic carbocycles. The smallest absolute Gasteiger partial charge is 0.251 e. The summed E-state index contributed by atoms with van der Waals surface area (Å²) in [5.74, 6) is -0.00315. The van der Waals surface area contributed by atoms with Crippen molar-refractivity contribution in [2.45, 2.75) is 38.1 Å². The molecule has 1 aliphatic heterocycles. The first-order valence-corrected chi connectivity index (χ1v) is 5.98. The second-order valence-corrected chi connectivity index (χ2v) is 4.88. The molecule has 1 amide bonds. The molecule has 0 unspecified atom stereocenters. The Morgan fingerprint density at radius 3 is 2.82 bits per heavy atom. The molecule has 3 rings (SSSR count). The molecule has 4 nitrogen and oxygen atoms in total. The van der Waals surface area contributed by atoms with Crippen molar-refractivity contribution in [3.8, 4) is 0 Å². The van der Waals surface area contributed by atoms with Gasteiger partial charge < -0.3 is 15.8 Å². The van der Waals surface area contributed by atoms with Crippen molar-refractivity contribution in [1.82, 2.24) is 5.32 Å². The lowest BCUT2D eigenvalue weighted by Gasteiger charge is -2.32. The van der Waals surface area contributed by atoms with Crippen LogP contribution in [-0.2, 0) is 18.0 Å². The van der Waals surface area contributed by atoms with Crippen LogP contribution in [0.15, 0.2) is 18.2 Å². The van der Waals surface area contributed by atoms with Gasteiger partial charge in [0.05, 0.1) is 13.2 Å². The van der Waals surface area contributed by atoms with E-state index in [1.165, 1.54) is 5.56 Å². The van der Waals surface area contributed by atoms with Crippen molar-refractivity contribution in [2.75, 3.05) is 0 Å². The largest absolute Gasteiger partial charge is 0.372 e. The SMILES string of the molecule is NC1CC(NC(=O)c2ccc3c(c2)COC3)C1. The van der Waals surface area contributed by atoms with Crippen LogP contribution in [0, 0.1) is 0 Å². The lowest BCUT2D eigenvalue weighted by molar-refractivity contribution is 0.0910. The Kier molecular flexibility index (Phi) is 2.61. The Labute approximate surface area is 100 Å². The number of nitrogens with two attached hydrogens (primary N) is 1. The number of carbonyl (C=O) groups excluding carboxylic acids is 1. The van der Waals surface area contributed by atoms with E-state index in [2.05, 4.69) is 5.32 Å². The number of nitrogens with one attached hydrogen (secondary N) is 1. The highest BCUT2D eigenvalue weighted by atomic mass is 16.5.